The van der Waals surface area contributed by atoms with Gasteiger partial charge in [-0.2, -0.15) is 0 Å². The SMILES string of the molecule is CCC(F)(F)c1cc(=O)[nH]c2ccc(Cc3ccc(S(=O)(=O)Nc4ccccc4N4CCCCC4)cc3)cc12. The molecule has 39 heavy (non-hydrogen) atoms. The molecular weight excluding hydrogens is 520 g/mol. The normalized spacial score (nSPS) is 14.5. The number of nitrogens with zero attached hydrogens (tertiary/aromatic N) is 1. The van der Waals surface area contributed by atoms with Gasteiger partial charge in [0.2, 0.25) is 5.56 Å². The number of para-hydroxylation sites is 2. The number of aromatic amines is 1. The van der Waals surface area contributed by atoms with Crippen LogP contribution in [0.25, 0.3) is 10.9 Å². The Bertz CT molecular complexity index is 1640. The van der Waals surface area contributed by atoms with E-state index in [9.17, 15) is 22.0 Å². The van der Waals surface area contributed by atoms with E-state index in [1.54, 1.807) is 48.5 Å². The molecule has 1 aliphatic heterocycles. The Hall–Kier alpha value is -3.72. The summed E-state index contributed by atoms with van der Waals surface area (Å²) < 4.78 is 58.3. The standard InChI is InChI=1S/C30H31F2N3O3S/c1-2-30(31,32)25-20-29(36)33-26-15-12-22(19-24(25)26)18-21-10-13-23(14-11-21)39(37,38)34-27-8-4-5-9-28(27)35-16-6-3-7-17-35/h4-5,8-15,19-20,34H,2-3,6-7,16-18H2,1H3,(H,33,36). The molecule has 0 amide bonds. The molecule has 1 fully saturated rings. The molecule has 9 heteroatoms. The Labute approximate surface area is 226 Å². The summed E-state index contributed by atoms with van der Waals surface area (Å²) in [6.45, 7) is 3.18. The van der Waals surface area contributed by atoms with Crippen LogP contribution in [0.5, 0.6) is 0 Å². The van der Waals surface area contributed by atoms with E-state index >= 15 is 0 Å². The number of fused-ring (bicyclic) bond motifs is 1. The summed E-state index contributed by atoms with van der Waals surface area (Å²) in [5, 5.41) is 0.301. The maximum Gasteiger partial charge on any atom is 0.273 e. The first-order valence-electron chi connectivity index (χ1n) is 13.2. The summed E-state index contributed by atoms with van der Waals surface area (Å²) in [7, 11) is -3.82. The predicted octanol–water partition coefficient (Wildman–Crippen LogP) is 6.41. The molecule has 0 aliphatic carbocycles. The average Bonchev–Trinajstić information content (AvgIpc) is 2.93. The zero-order valence-electron chi connectivity index (χ0n) is 21.7. The van der Waals surface area contributed by atoms with Crippen LogP contribution >= 0.6 is 0 Å². The van der Waals surface area contributed by atoms with Gasteiger partial charge in [-0.1, -0.05) is 37.3 Å². The highest BCUT2D eigenvalue weighted by molar-refractivity contribution is 7.92. The largest absolute Gasteiger partial charge is 0.370 e. The Kier molecular flexibility index (Phi) is 7.44. The van der Waals surface area contributed by atoms with E-state index in [4.69, 9.17) is 0 Å². The molecule has 0 radical (unpaired) electrons. The fourth-order valence-corrected chi connectivity index (χ4v) is 6.17. The van der Waals surface area contributed by atoms with Gasteiger partial charge in [-0.15, -0.1) is 0 Å². The molecule has 0 spiro atoms. The lowest BCUT2D eigenvalue weighted by Crippen LogP contribution is -2.30. The third kappa shape index (κ3) is 5.83. The van der Waals surface area contributed by atoms with Crippen LogP contribution < -0.4 is 15.2 Å². The van der Waals surface area contributed by atoms with E-state index in [1.165, 1.54) is 13.3 Å². The molecule has 204 valence electrons. The van der Waals surface area contributed by atoms with E-state index < -0.39 is 27.9 Å². The zero-order chi connectivity index (χ0) is 27.6. The van der Waals surface area contributed by atoms with Gasteiger partial charge >= 0.3 is 0 Å². The molecular formula is C30H31F2N3O3S. The highest BCUT2D eigenvalue weighted by Crippen LogP contribution is 2.35. The number of hydrogen-bond acceptors (Lipinski definition) is 4. The molecule has 2 heterocycles. The highest BCUT2D eigenvalue weighted by atomic mass is 32.2. The third-order valence-corrected chi connectivity index (χ3v) is 8.61. The molecule has 0 bridgehead atoms. The summed E-state index contributed by atoms with van der Waals surface area (Å²) in [6.07, 6.45) is 3.35. The van der Waals surface area contributed by atoms with Crippen molar-refractivity contribution in [3.8, 4) is 0 Å². The molecule has 2 N–H and O–H groups in total. The van der Waals surface area contributed by atoms with E-state index in [1.807, 2.05) is 18.2 Å². The quantitative estimate of drug-likeness (QED) is 0.265. The van der Waals surface area contributed by atoms with E-state index in [0.29, 0.717) is 23.0 Å². The molecule has 0 atom stereocenters. The van der Waals surface area contributed by atoms with Gasteiger partial charge < -0.3 is 9.88 Å². The van der Waals surface area contributed by atoms with Crippen molar-refractivity contribution in [2.24, 2.45) is 0 Å². The van der Waals surface area contributed by atoms with Crippen molar-refractivity contribution in [3.05, 3.63) is 99.8 Å². The molecule has 5 rings (SSSR count). The van der Waals surface area contributed by atoms with Crippen molar-refractivity contribution in [2.75, 3.05) is 22.7 Å². The zero-order valence-corrected chi connectivity index (χ0v) is 22.5. The van der Waals surface area contributed by atoms with Crippen molar-refractivity contribution in [1.29, 1.82) is 0 Å². The number of halogens is 2. The smallest absolute Gasteiger partial charge is 0.273 e. The number of H-pyrrole nitrogens is 1. The number of alkyl halides is 2. The number of sulfonamides is 1. The number of rotatable bonds is 8. The van der Waals surface area contributed by atoms with Crippen molar-refractivity contribution in [3.63, 3.8) is 0 Å². The van der Waals surface area contributed by atoms with Gasteiger partial charge in [-0.05, 0) is 73.2 Å². The summed E-state index contributed by atoms with van der Waals surface area (Å²) in [4.78, 5) is 16.9. The molecule has 4 aromatic rings. The molecule has 1 aromatic heterocycles. The monoisotopic (exact) mass is 551 g/mol. The summed E-state index contributed by atoms with van der Waals surface area (Å²) >= 11 is 0. The fraction of sp³-hybridized carbons (Fsp3) is 0.300. The predicted molar refractivity (Wildman–Crippen MR) is 151 cm³/mol. The second-order valence-electron chi connectivity index (χ2n) is 9.98. The Balaban J connectivity index is 1.37. The lowest BCUT2D eigenvalue weighted by atomic mass is 9.97. The second kappa shape index (κ2) is 10.8. The van der Waals surface area contributed by atoms with Gasteiger partial charge in [0.1, 0.15) is 0 Å². The first-order chi connectivity index (χ1) is 18.7. The molecule has 0 saturated carbocycles. The minimum atomic E-state index is -3.82. The van der Waals surface area contributed by atoms with Crippen LogP contribution in [0.3, 0.4) is 0 Å². The molecule has 3 aromatic carbocycles. The topological polar surface area (TPSA) is 82.3 Å². The average molecular weight is 552 g/mol. The lowest BCUT2D eigenvalue weighted by Gasteiger charge is -2.30. The van der Waals surface area contributed by atoms with Crippen molar-refractivity contribution >= 4 is 32.3 Å². The summed E-state index contributed by atoms with van der Waals surface area (Å²) in [5.41, 5.74) is 2.53. The Morgan fingerprint density at radius 1 is 0.923 bits per heavy atom. The number of nitrogens with one attached hydrogen (secondary N) is 2. The van der Waals surface area contributed by atoms with Crippen LogP contribution in [0.15, 0.2) is 82.5 Å². The Morgan fingerprint density at radius 2 is 1.62 bits per heavy atom. The molecule has 1 aliphatic rings. The fourth-order valence-electron chi connectivity index (χ4n) is 5.10. The number of pyridine rings is 1. The summed E-state index contributed by atoms with van der Waals surface area (Å²) in [5.74, 6) is -3.12. The minimum absolute atomic E-state index is 0.139. The van der Waals surface area contributed by atoms with E-state index in [-0.39, 0.29) is 10.5 Å². The van der Waals surface area contributed by atoms with Gasteiger partial charge in [0.15, 0.2) is 0 Å². The van der Waals surface area contributed by atoms with Gasteiger partial charge in [0.25, 0.3) is 15.9 Å². The summed E-state index contributed by atoms with van der Waals surface area (Å²) in [6, 6.07) is 20.0. The van der Waals surface area contributed by atoms with E-state index in [2.05, 4.69) is 14.6 Å². The maximum atomic E-state index is 14.6. The van der Waals surface area contributed by atoms with Crippen molar-refractivity contribution in [1.82, 2.24) is 4.98 Å². The maximum absolute atomic E-state index is 14.6. The molecule has 0 unspecified atom stereocenters. The first-order valence-corrected chi connectivity index (χ1v) is 14.6. The third-order valence-electron chi connectivity index (χ3n) is 7.23. The van der Waals surface area contributed by atoms with Gasteiger partial charge in [0, 0.05) is 42.0 Å². The number of anilines is 2. The van der Waals surface area contributed by atoms with Crippen LogP contribution in [-0.2, 0) is 22.4 Å². The van der Waals surface area contributed by atoms with Crippen LogP contribution in [0.2, 0.25) is 0 Å². The van der Waals surface area contributed by atoms with Crippen molar-refractivity contribution < 1.29 is 17.2 Å². The highest BCUT2D eigenvalue weighted by Gasteiger charge is 2.31. The molecule has 1 saturated heterocycles. The van der Waals surface area contributed by atoms with Crippen LogP contribution in [0, 0.1) is 0 Å². The van der Waals surface area contributed by atoms with Gasteiger partial charge in [0.05, 0.1) is 16.3 Å². The second-order valence-corrected chi connectivity index (χ2v) is 11.7. The Morgan fingerprint density at radius 3 is 2.33 bits per heavy atom. The lowest BCUT2D eigenvalue weighted by molar-refractivity contribution is -0.00686. The number of piperidine rings is 1. The van der Waals surface area contributed by atoms with Crippen LogP contribution in [0.4, 0.5) is 20.2 Å². The number of benzene rings is 3. The first kappa shape index (κ1) is 26.9. The van der Waals surface area contributed by atoms with Crippen LogP contribution in [0.1, 0.15) is 49.3 Å². The van der Waals surface area contributed by atoms with E-state index in [0.717, 1.165) is 48.8 Å². The van der Waals surface area contributed by atoms with Gasteiger partial charge in [-0.3, -0.25) is 9.52 Å². The van der Waals surface area contributed by atoms with Crippen molar-refractivity contribution in [2.45, 2.75) is 49.8 Å². The van der Waals surface area contributed by atoms with Gasteiger partial charge in [-0.25, -0.2) is 17.2 Å². The van der Waals surface area contributed by atoms with Crippen LogP contribution in [-0.4, -0.2) is 26.5 Å². The number of aromatic nitrogens is 1. The number of hydrogen-bond donors (Lipinski definition) is 2. The minimum Gasteiger partial charge on any atom is -0.370 e. The molecule has 6 nitrogen and oxygen atoms in total.